The number of para-hydroxylation sites is 2. The van der Waals surface area contributed by atoms with E-state index in [0.717, 1.165) is 16.6 Å². The molecule has 0 saturated carbocycles. The Kier molecular flexibility index (Phi) is 4.96. The van der Waals surface area contributed by atoms with Crippen LogP contribution in [0.2, 0.25) is 0 Å². The summed E-state index contributed by atoms with van der Waals surface area (Å²) in [6.07, 6.45) is 4.71. The average Bonchev–Trinajstić information content (AvgIpc) is 2.64. The topological polar surface area (TPSA) is 54.9 Å². The minimum atomic E-state index is -0.215. The monoisotopic (exact) mass is 313 g/mol. The maximum Gasteiger partial charge on any atom is 0.244 e. The number of nitrogens with one attached hydrogen (secondary N) is 1. The van der Waals surface area contributed by atoms with Gasteiger partial charge in [-0.15, -0.1) is 0 Å². The van der Waals surface area contributed by atoms with Crippen molar-refractivity contribution >= 4 is 23.0 Å². The molecule has 0 aliphatic rings. The molecule has 116 valence electrons. The molecule has 0 bridgehead atoms. The van der Waals surface area contributed by atoms with Crippen LogP contribution in [0, 0.1) is 11.8 Å². The van der Waals surface area contributed by atoms with Gasteiger partial charge in [-0.05, 0) is 30.3 Å². The van der Waals surface area contributed by atoms with Crippen molar-refractivity contribution in [2.45, 2.75) is 0 Å². The largest absolute Gasteiger partial charge is 0.342 e. The van der Waals surface area contributed by atoms with Gasteiger partial charge in [-0.3, -0.25) is 9.78 Å². The van der Waals surface area contributed by atoms with Crippen molar-refractivity contribution < 1.29 is 4.79 Å². The van der Waals surface area contributed by atoms with Crippen LogP contribution in [-0.2, 0) is 4.79 Å². The van der Waals surface area contributed by atoms with Gasteiger partial charge in [-0.2, -0.15) is 0 Å². The van der Waals surface area contributed by atoms with E-state index in [0.29, 0.717) is 12.2 Å². The van der Waals surface area contributed by atoms with Gasteiger partial charge in [-0.1, -0.05) is 42.2 Å². The van der Waals surface area contributed by atoms with Crippen molar-refractivity contribution in [2.75, 3.05) is 6.54 Å². The third-order valence-electron chi connectivity index (χ3n) is 3.23. The second kappa shape index (κ2) is 7.70. The van der Waals surface area contributed by atoms with Crippen LogP contribution in [0.3, 0.4) is 0 Å². The summed E-state index contributed by atoms with van der Waals surface area (Å²) in [5.41, 5.74) is 3.19. The molecule has 1 amide bonds. The number of hydrogen-bond acceptors (Lipinski definition) is 3. The zero-order chi connectivity index (χ0) is 16.6. The summed E-state index contributed by atoms with van der Waals surface area (Å²) >= 11 is 0. The first-order chi connectivity index (χ1) is 11.8. The Morgan fingerprint density at radius 2 is 1.79 bits per heavy atom. The molecule has 1 aromatic heterocycles. The Hall–Kier alpha value is -3.45. The minimum absolute atomic E-state index is 0.215. The Morgan fingerprint density at radius 3 is 2.62 bits per heavy atom. The highest BCUT2D eigenvalue weighted by atomic mass is 16.1. The Morgan fingerprint density at radius 1 is 1.04 bits per heavy atom. The van der Waals surface area contributed by atoms with E-state index in [-0.39, 0.29) is 5.91 Å². The zero-order valence-corrected chi connectivity index (χ0v) is 12.9. The number of fused-ring (bicyclic) bond motifs is 1. The molecule has 0 spiro atoms. The van der Waals surface area contributed by atoms with E-state index in [1.54, 1.807) is 12.3 Å². The lowest BCUT2D eigenvalue weighted by atomic mass is 10.2. The molecule has 0 saturated heterocycles. The highest BCUT2D eigenvalue weighted by Crippen LogP contribution is 2.09. The van der Waals surface area contributed by atoms with E-state index < -0.39 is 0 Å². The number of hydrogen-bond donors (Lipinski definition) is 1. The molecule has 24 heavy (non-hydrogen) atoms. The molecule has 2 aromatic carbocycles. The number of nitrogens with zero attached hydrogens (tertiary/aromatic N) is 2. The highest BCUT2D eigenvalue weighted by molar-refractivity contribution is 5.91. The van der Waals surface area contributed by atoms with Crippen molar-refractivity contribution in [1.29, 1.82) is 0 Å². The van der Waals surface area contributed by atoms with Crippen molar-refractivity contribution in [3.8, 4) is 11.8 Å². The number of carbonyl (C=O) groups excluding carboxylic acids is 1. The van der Waals surface area contributed by atoms with Gasteiger partial charge in [-0.25, -0.2) is 4.98 Å². The number of aromatic nitrogens is 2. The highest BCUT2D eigenvalue weighted by Gasteiger charge is 1.97. The number of carbonyl (C=O) groups is 1. The summed E-state index contributed by atoms with van der Waals surface area (Å²) in [4.78, 5) is 20.5. The molecule has 3 rings (SSSR count). The Labute approximate surface area is 140 Å². The number of rotatable bonds is 3. The molecule has 0 aliphatic carbocycles. The summed E-state index contributed by atoms with van der Waals surface area (Å²) in [7, 11) is 0. The van der Waals surface area contributed by atoms with Crippen molar-refractivity contribution in [2.24, 2.45) is 0 Å². The van der Waals surface area contributed by atoms with Crippen molar-refractivity contribution in [1.82, 2.24) is 15.3 Å². The van der Waals surface area contributed by atoms with Crippen LogP contribution in [0.25, 0.3) is 17.1 Å². The summed E-state index contributed by atoms with van der Waals surface area (Å²) < 4.78 is 0. The second-order valence-corrected chi connectivity index (χ2v) is 5.00. The van der Waals surface area contributed by atoms with Crippen LogP contribution in [0.15, 0.2) is 66.9 Å². The minimum Gasteiger partial charge on any atom is -0.342 e. The first kappa shape index (κ1) is 15.4. The molecule has 0 unspecified atom stereocenters. The molecule has 0 aliphatic heterocycles. The second-order valence-electron chi connectivity index (χ2n) is 5.00. The van der Waals surface area contributed by atoms with Crippen LogP contribution in [0.1, 0.15) is 11.3 Å². The maximum absolute atomic E-state index is 11.8. The molecule has 4 nitrogen and oxygen atoms in total. The molecule has 1 N–H and O–H groups in total. The smallest absolute Gasteiger partial charge is 0.244 e. The molecule has 0 fully saturated rings. The zero-order valence-electron chi connectivity index (χ0n) is 12.9. The summed E-state index contributed by atoms with van der Waals surface area (Å²) in [6, 6.07) is 17.2. The van der Waals surface area contributed by atoms with Crippen LogP contribution >= 0.6 is 0 Å². The van der Waals surface area contributed by atoms with Gasteiger partial charge in [0.1, 0.15) is 0 Å². The van der Waals surface area contributed by atoms with Crippen molar-refractivity contribution in [3.63, 3.8) is 0 Å². The van der Waals surface area contributed by atoms with E-state index in [4.69, 9.17) is 0 Å². The lowest BCUT2D eigenvalue weighted by molar-refractivity contribution is -0.116. The first-order valence-electron chi connectivity index (χ1n) is 7.53. The molecule has 0 atom stereocenters. The van der Waals surface area contributed by atoms with Gasteiger partial charge < -0.3 is 5.32 Å². The maximum atomic E-state index is 11.8. The SMILES string of the molecule is O=C(/C=C/c1cnc2ccccc2n1)NCC#Cc1ccccc1. The molecule has 0 radical (unpaired) electrons. The first-order valence-corrected chi connectivity index (χ1v) is 7.53. The van der Waals surface area contributed by atoms with Gasteiger partial charge in [0.2, 0.25) is 5.91 Å². The predicted octanol–water partition coefficient (Wildman–Crippen LogP) is 2.81. The Balaban J connectivity index is 1.56. The fraction of sp³-hybridized carbons (Fsp3) is 0.0500. The van der Waals surface area contributed by atoms with E-state index in [1.807, 2.05) is 54.6 Å². The summed E-state index contributed by atoms with van der Waals surface area (Å²) in [5.74, 6) is 5.68. The van der Waals surface area contributed by atoms with Crippen LogP contribution in [0.4, 0.5) is 0 Å². The molecular weight excluding hydrogens is 298 g/mol. The standard InChI is InChI=1S/C20H15N3O/c24-20(21-14-6-9-16-7-2-1-3-8-16)13-12-17-15-22-18-10-4-5-11-19(18)23-17/h1-5,7-8,10-13,15H,14H2,(H,21,24)/b13-12+. The van der Waals surface area contributed by atoms with Crippen LogP contribution in [0.5, 0.6) is 0 Å². The fourth-order valence-electron chi connectivity index (χ4n) is 2.07. The normalized spacial score (nSPS) is 10.3. The van der Waals surface area contributed by atoms with E-state index >= 15 is 0 Å². The molecule has 3 aromatic rings. The van der Waals surface area contributed by atoms with Gasteiger partial charge in [0.05, 0.1) is 29.5 Å². The van der Waals surface area contributed by atoms with E-state index in [2.05, 4.69) is 27.1 Å². The third-order valence-corrected chi connectivity index (χ3v) is 3.23. The van der Waals surface area contributed by atoms with Crippen LogP contribution < -0.4 is 5.32 Å². The van der Waals surface area contributed by atoms with Crippen molar-refractivity contribution in [3.05, 3.63) is 78.1 Å². The van der Waals surface area contributed by atoms with E-state index in [9.17, 15) is 4.79 Å². The lowest BCUT2D eigenvalue weighted by Gasteiger charge is -1.98. The Bertz CT molecular complexity index is 937. The number of amides is 1. The van der Waals surface area contributed by atoms with Gasteiger partial charge >= 0.3 is 0 Å². The number of benzene rings is 2. The summed E-state index contributed by atoms with van der Waals surface area (Å²) in [5, 5.41) is 2.71. The van der Waals surface area contributed by atoms with Gasteiger partial charge in [0.25, 0.3) is 0 Å². The molecule has 4 heteroatoms. The van der Waals surface area contributed by atoms with Gasteiger partial charge in [0, 0.05) is 11.6 Å². The third kappa shape index (κ3) is 4.28. The van der Waals surface area contributed by atoms with E-state index in [1.165, 1.54) is 6.08 Å². The lowest BCUT2D eigenvalue weighted by Crippen LogP contribution is -2.20. The predicted molar refractivity (Wildman–Crippen MR) is 94.9 cm³/mol. The fourth-order valence-corrected chi connectivity index (χ4v) is 2.07. The average molecular weight is 313 g/mol. The van der Waals surface area contributed by atoms with Gasteiger partial charge in [0.15, 0.2) is 0 Å². The quantitative estimate of drug-likeness (QED) is 0.597. The van der Waals surface area contributed by atoms with Crippen LogP contribution in [-0.4, -0.2) is 22.4 Å². The molecule has 1 heterocycles. The summed E-state index contributed by atoms with van der Waals surface area (Å²) in [6.45, 7) is 0.293. The molecular formula is C20H15N3O.